The molecule has 88 valence electrons. The Morgan fingerprint density at radius 1 is 1.40 bits per heavy atom. The SMILES string of the molecule is CNC(=O)CN(C)C(C(=O)NN)C(C)C. The topological polar surface area (TPSA) is 87.5 Å². The molecule has 0 aromatic carbocycles. The molecule has 0 spiro atoms. The number of carbonyl (C=O) groups is 2. The third-order valence-corrected chi connectivity index (χ3v) is 2.19. The van der Waals surface area contributed by atoms with E-state index in [2.05, 4.69) is 10.7 Å². The van der Waals surface area contributed by atoms with Gasteiger partial charge in [0.25, 0.3) is 5.91 Å². The number of carbonyl (C=O) groups excluding carboxylic acids is 2. The quantitative estimate of drug-likeness (QED) is 0.302. The van der Waals surface area contributed by atoms with Crippen molar-refractivity contribution in [2.24, 2.45) is 11.8 Å². The third-order valence-electron chi connectivity index (χ3n) is 2.19. The molecule has 0 heterocycles. The van der Waals surface area contributed by atoms with Gasteiger partial charge in [-0.2, -0.15) is 0 Å². The highest BCUT2D eigenvalue weighted by molar-refractivity contribution is 5.83. The molecule has 0 fully saturated rings. The predicted molar refractivity (Wildman–Crippen MR) is 57.7 cm³/mol. The van der Waals surface area contributed by atoms with Crippen LogP contribution in [0.1, 0.15) is 13.8 Å². The van der Waals surface area contributed by atoms with Crippen molar-refractivity contribution < 1.29 is 9.59 Å². The summed E-state index contributed by atoms with van der Waals surface area (Å²) in [7, 11) is 3.28. The number of amides is 2. The first kappa shape index (κ1) is 13.9. The molecule has 6 heteroatoms. The number of hydrazine groups is 1. The van der Waals surface area contributed by atoms with E-state index < -0.39 is 6.04 Å². The van der Waals surface area contributed by atoms with Gasteiger partial charge in [0.1, 0.15) is 0 Å². The van der Waals surface area contributed by atoms with E-state index in [0.29, 0.717) is 0 Å². The predicted octanol–water partition coefficient (Wildman–Crippen LogP) is -1.32. The second kappa shape index (κ2) is 6.36. The van der Waals surface area contributed by atoms with Crippen LogP contribution in [0.5, 0.6) is 0 Å². The maximum absolute atomic E-state index is 11.5. The zero-order chi connectivity index (χ0) is 12.0. The summed E-state index contributed by atoms with van der Waals surface area (Å²) in [4.78, 5) is 24.3. The van der Waals surface area contributed by atoms with Gasteiger partial charge < -0.3 is 5.32 Å². The van der Waals surface area contributed by atoms with E-state index in [1.165, 1.54) is 0 Å². The molecule has 0 saturated heterocycles. The maximum atomic E-state index is 11.5. The molecule has 15 heavy (non-hydrogen) atoms. The van der Waals surface area contributed by atoms with Crippen LogP contribution in [-0.4, -0.2) is 43.4 Å². The molecule has 0 aromatic heterocycles. The summed E-state index contributed by atoms with van der Waals surface area (Å²) in [6, 6.07) is -0.396. The lowest BCUT2D eigenvalue weighted by molar-refractivity contribution is -0.129. The van der Waals surface area contributed by atoms with Crippen LogP contribution in [0.2, 0.25) is 0 Å². The van der Waals surface area contributed by atoms with E-state index in [1.54, 1.807) is 19.0 Å². The molecule has 1 unspecified atom stereocenters. The molecule has 6 nitrogen and oxygen atoms in total. The average molecular weight is 216 g/mol. The van der Waals surface area contributed by atoms with Crippen LogP contribution in [0, 0.1) is 5.92 Å². The molecule has 2 amide bonds. The first-order chi connectivity index (χ1) is 6.93. The van der Waals surface area contributed by atoms with Gasteiger partial charge in [0, 0.05) is 7.05 Å². The number of nitrogens with one attached hydrogen (secondary N) is 2. The number of hydrogen-bond donors (Lipinski definition) is 3. The summed E-state index contributed by atoms with van der Waals surface area (Å²) in [5.41, 5.74) is 2.11. The minimum absolute atomic E-state index is 0.0863. The maximum Gasteiger partial charge on any atom is 0.251 e. The molecule has 0 bridgehead atoms. The Balaban J connectivity index is 4.49. The lowest BCUT2D eigenvalue weighted by Gasteiger charge is -2.28. The lowest BCUT2D eigenvalue weighted by atomic mass is 10.0. The fourth-order valence-corrected chi connectivity index (χ4v) is 1.50. The first-order valence-corrected chi connectivity index (χ1v) is 4.85. The van der Waals surface area contributed by atoms with Gasteiger partial charge in [0.05, 0.1) is 12.6 Å². The molecule has 0 aliphatic carbocycles. The summed E-state index contributed by atoms with van der Waals surface area (Å²) in [5, 5.41) is 2.50. The van der Waals surface area contributed by atoms with Crippen molar-refractivity contribution in [3.63, 3.8) is 0 Å². The number of rotatable bonds is 5. The first-order valence-electron chi connectivity index (χ1n) is 4.85. The molecule has 0 radical (unpaired) electrons. The van der Waals surface area contributed by atoms with Gasteiger partial charge in [-0.1, -0.05) is 13.8 Å². The Morgan fingerprint density at radius 2 is 1.93 bits per heavy atom. The highest BCUT2D eigenvalue weighted by atomic mass is 16.2. The number of likely N-dealkylation sites (N-methyl/N-ethyl adjacent to an activating group) is 2. The number of nitrogens with zero attached hydrogens (tertiary/aromatic N) is 1. The van der Waals surface area contributed by atoms with Crippen LogP contribution >= 0.6 is 0 Å². The van der Waals surface area contributed by atoms with Gasteiger partial charge in [-0.15, -0.1) is 0 Å². The monoisotopic (exact) mass is 216 g/mol. The van der Waals surface area contributed by atoms with Gasteiger partial charge in [-0.3, -0.25) is 19.9 Å². The van der Waals surface area contributed by atoms with Crippen LogP contribution < -0.4 is 16.6 Å². The molecule has 1 atom stereocenters. The Hall–Kier alpha value is -1.14. The molecule has 0 aliphatic heterocycles. The zero-order valence-electron chi connectivity index (χ0n) is 9.70. The molecule has 0 saturated carbocycles. The van der Waals surface area contributed by atoms with Crippen molar-refractivity contribution in [2.45, 2.75) is 19.9 Å². The summed E-state index contributed by atoms with van der Waals surface area (Å²) < 4.78 is 0. The molecule has 4 N–H and O–H groups in total. The van der Waals surface area contributed by atoms with Gasteiger partial charge in [0.15, 0.2) is 0 Å². The standard InChI is InChI=1S/C9H20N4O2/c1-6(2)8(9(15)12-10)13(4)5-7(14)11-3/h6,8H,5,10H2,1-4H3,(H,11,14)(H,12,15). The van der Waals surface area contributed by atoms with Gasteiger partial charge in [-0.05, 0) is 13.0 Å². The Morgan fingerprint density at radius 3 is 2.27 bits per heavy atom. The molecule has 0 aromatic rings. The van der Waals surface area contributed by atoms with E-state index in [0.717, 1.165) is 0 Å². The fourth-order valence-electron chi connectivity index (χ4n) is 1.50. The fraction of sp³-hybridized carbons (Fsp3) is 0.778. The average Bonchev–Trinajstić information content (AvgIpc) is 2.16. The summed E-state index contributed by atoms with van der Waals surface area (Å²) in [5.74, 6) is 4.76. The van der Waals surface area contributed by atoms with E-state index in [-0.39, 0.29) is 24.3 Å². The van der Waals surface area contributed by atoms with Crippen molar-refractivity contribution in [1.29, 1.82) is 0 Å². The minimum Gasteiger partial charge on any atom is -0.358 e. The van der Waals surface area contributed by atoms with Crippen LogP contribution in [0.15, 0.2) is 0 Å². The number of nitrogens with two attached hydrogens (primary N) is 1. The van der Waals surface area contributed by atoms with Crippen LogP contribution in [0.25, 0.3) is 0 Å². The van der Waals surface area contributed by atoms with Crippen LogP contribution in [0.4, 0.5) is 0 Å². The van der Waals surface area contributed by atoms with Crippen molar-refractivity contribution in [3.8, 4) is 0 Å². The molecule has 0 aliphatic rings. The second-order valence-corrected chi connectivity index (χ2v) is 3.79. The highest BCUT2D eigenvalue weighted by Gasteiger charge is 2.26. The van der Waals surface area contributed by atoms with Crippen molar-refractivity contribution >= 4 is 11.8 Å². The normalized spacial score (nSPS) is 12.7. The smallest absolute Gasteiger partial charge is 0.251 e. The largest absolute Gasteiger partial charge is 0.358 e. The molecule has 0 rings (SSSR count). The van der Waals surface area contributed by atoms with E-state index in [1.807, 2.05) is 13.8 Å². The lowest BCUT2D eigenvalue weighted by Crippen LogP contribution is -2.52. The Labute approximate surface area is 90.2 Å². The van der Waals surface area contributed by atoms with E-state index >= 15 is 0 Å². The third kappa shape index (κ3) is 4.26. The summed E-state index contributed by atoms with van der Waals surface area (Å²) in [6.07, 6.45) is 0. The van der Waals surface area contributed by atoms with Gasteiger partial charge >= 0.3 is 0 Å². The van der Waals surface area contributed by atoms with Crippen molar-refractivity contribution in [1.82, 2.24) is 15.6 Å². The van der Waals surface area contributed by atoms with Gasteiger partial charge in [-0.25, -0.2) is 5.84 Å². The zero-order valence-corrected chi connectivity index (χ0v) is 9.70. The Bertz CT molecular complexity index is 230. The van der Waals surface area contributed by atoms with Crippen molar-refractivity contribution in [3.05, 3.63) is 0 Å². The molecular formula is C9H20N4O2. The van der Waals surface area contributed by atoms with Crippen molar-refractivity contribution in [2.75, 3.05) is 20.6 Å². The summed E-state index contributed by atoms with van der Waals surface area (Å²) in [6.45, 7) is 3.98. The second-order valence-electron chi connectivity index (χ2n) is 3.79. The Kier molecular flexibility index (Phi) is 5.88. The summed E-state index contributed by atoms with van der Waals surface area (Å²) >= 11 is 0. The van der Waals surface area contributed by atoms with Gasteiger partial charge in [0.2, 0.25) is 5.91 Å². The minimum atomic E-state index is -0.396. The highest BCUT2D eigenvalue weighted by Crippen LogP contribution is 2.08. The van der Waals surface area contributed by atoms with E-state index in [4.69, 9.17) is 5.84 Å². The van der Waals surface area contributed by atoms with Crippen LogP contribution in [-0.2, 0) is 9.59 Å². The van der Waals surface area contributed by atoms with Crippen LogP contribution in [0.3, 0.4) is 0 Å². The van der Waals surface area contributed by atoms with E-state index in [9.17, 15) is 9.59 Å². The molecular weight excluding hydrogens is 196 g/mol. The number of hydrogen-bond acceptors (Lipinski definition) is 4.